The lowest BCUT2D eigenvalue weighted by atomic mass is 10.2. The third kappa shape index (κ3) is 3.13. The van der Waals surface area contributed by atoms with Crippen LogP contribution in [0.5, 0.6) is 0 Å². The van der Waals surface area contributed by atoms with Gasteiger partial charge in [-0.25, -0.2) is 14.2 Å². The zero-order valence-electron chi connectivity index (χ0n) is 10.5. The highest BCUT2D eigenvalue weighted by Crippen LogP contribution is 2.10. The summed E-state index contributed by atoms with van der Waals surface area (Å²) >= 11 is 0. The van der Waals surface area contributed by atoms with Crippen molar-refractivity contribution in [2.75, 3.05) is 6.66 Å². The van der Waals surface area contributed by atoms with Gasteiger partial charge in [0.25, 0.3) is 0 Å². The SMILES string of the molecule is C=C(C)CCc1nc(=O)n(CC)c(=O)n1PC. The summed E-state index contributed by atoms with van der Waals surface area (Å²) in [7, 11) is 0.279. The molecule has 0 aliphatic carbocycles. The summed E-state index contributed by atoms with van der Waals surface area (Å²) in [6.07, 6.45) is 1.33. The summed E-state index contributed by atoms with van der Waals surface area (Å²) in [6.45, 7) is 9.75. The van der Waals surface area contributed by atoms with Crippen LogP contribution in [0.1, 0.15) is 26.1 Å². The minimum atomic E-state index is -0.455. The molecule has 1 aromatic rings. The number of nitrogens with zero attached hydrogens (tertiary/aromatic N) is 3. The van der Waals surface area contributed by atoms with Gasteiger partial charge in [0, 0.05) is 13.0 Å². The number of allylic oxidation sites excluding steroid dienone is 1. The van der Waals surface area contributed by atoms with E-state index in [4.69, 9.17) is 0 Å². The first-order valence-corrected chi connectivity index (χ1v) is 7.00. The van der Waals surface area contributed by atoms with Crippen molar-refractivity contribution in [2.24, 2.45) is 0 Å². The Balaban J connectivity index is 3.27. The van der Waals surface area contributed by atoms with Gasteiger partial charge in [0.15, 0.2) is 0 Å². The summed E-state index contributed by atoms with van der Waals surface area (Å²) in [5.74, 6) is 0.563. The molecule has 1 heterocycles. The fourth-order valence-electron chi connectivity index (χ4n) is 1.52. The second-order valence-corrected chi connectivity index (χ2v) is 4.75. The second kappa shape index (κ2) is 5.92. The third-order valence-electron chi connectivity index (χ3n) is 2.45. The first kappa shape index (κ1) is 13.8. The lowest BCUT2D eigenvalue weighted by molar-refractivity contribution is 0.607. The average Bonchev–Trinajstić information content (AvgIpc) is 2.26. The monoisotopic (exact) mass is 255 g/mol. The number of hydrogen-bond acceptors (Lipinski definition) is 3. The standard InChI is InChI=1S/C11H18N3O2P/c1-5-13-10(15)12-9(7-6-8(2)3)14(17-4)11(13)16/h17H,2,5-7H2,1,3-4H3. The Bertz CT molecular complexity index is 530. The van der Waals surface area contributed by atoms with E-state index in [-0.39, 0.29) is 14.4 Å². The topological polar surface area (TPSA) is 56.9 Å². The summed E-state index contributed by atoms with van der Waals surface area (Å²) in [4.78, 5) is 27.6. The van der Waals surface area contributed by atoms with Gasteiger partial charge in [0.05, 0.1) is 0 Å². The maximum absolute atomic E-state index is 12.0. The van der Waals surface area contributed by atoms with Crippen molar-refractivity contribution in [3.05, 3.63) is 38.9 Å². The molecule has 0 aliphatic rings. The lowest BCUT2D eigenvalue weighted by Gasteiger charge is -2.11. The molecule has 0 spiro atoms. The molecular weight excluding hydrogens is 237 g/mol. The van der Waals surface area contributed by atoms with Gasteiger partial charge in [-0.2, -0.15) is 4.98 Å². The Morgan fingerprint density at radius 1 is 1.47 bits per heavy atom. The highest BCUT2D eigenvalue weighted by Gasteiger charge is 2.10. The molecule has 6 heteroatoms. The van der Waals surface area contributed by atoms with Crippen molar-refractivity contribution in [2.45, 2.75) is 33.2 Å². The van der Waals surface area contributed by atoms with Crippen molar-refractivity contribution in [3.8, 4) is 0 Å². The normalized spacial score (nSPS) is 11.2. The largest absolute Gasteiger partial charge is 0.353 e. The molecule has 0 aromatic carbocycles. The molecule has 1 rings (SSSR count). The van der Waals surface area contributed by atoms with Gasteiger partial charge < -0.3 is 0 Å². The molecule has 17 heavy (non-hydrogen) atoms. The Labute approximate surface area is 102 Å². The molecule has 94 valence electrons. The minimum Gasteiger partial charge on any atom is -0.263 e. The number of rotatable bonds is 5. The van der Waals surface area contributed by atoms with E-state index in [1.54, 1.807) is 11.3 Å². The van der Waals surface area contributed by atoms with Gasteiger partial charge in [0.2, 0.25) is 0 Å². The molecule has 0 N–H and O–H groups in total. The molecule has 1 atom stereocenters. The van der Waals surface area contributed by atoms with Crippen molar-refractivity contribution in [1.82, 2.24) is 13.9 Å². The Hall–Kier alpha value is -1.22. The predicted octanol–water partition coefficient (Wildman–Crippen LogP) is 1.00. The van der Waals surface area contributed by atoms with Crippen LogP contribution in [0.25, 0.3) is 0 Å². The van der Waals surface area contributed by atoms with Crippen molar-refractivity contribution < 1.29 is 0 Å². The third-order valence-corrected chi connectivity index (χ3v) is 3.35. The summed E-state index contributed by atoms with van der Waals surface area (Å²) < 4.78 is 2.73. The van der Waals surface area contributed by atoms with Gasteiger partial charge in [-0.1, -0.05) is 5.57 Å². The van der Waals surface area contributed by atoms with E-state index in [1.807, 2.05) is 13.6 Å². The highest BCUT2D eigenvalue weighted by atomic mass is 31.1. The van der Waals surface area contributed by atoms with Gasteiger partial charge in [-0.05, 0) is 35.7 Å². The van der Waals surface area contributed by atoms with Gasteiger partial charge >= 0.3 is 11.4 Å². The van der Waals surface area contributed by atoms with Crippen molar-refractivity contribution in [1.29, 1.82) is 0 Å². The van der Waals surface area contributed by atoms with Gasteiger partial charge in [0.1, 0.15) is 5.82 Å². The van der Waals surface area contributed by atoms with Crippen LogP contribution in [0.2, 0.25) is 0 Å². The predicted molar refractivity (Wildman–Crippen MR) is 71.2 cm³/mol. The number of hydrogen-bond donors (Lipinski definition) is 0. The zero-order chi connectivity index (χ0) is 13.0. The maximum Gasteiger partial charge on any atom is 0.353 e. The smallest absolute Gasteiger partial charge is 0.263 e. The second-order valence-electron chi connectivity index (χ2n) is 3.85. The molecule has 1 unspecified atom stereocenters. The van der Waals surface area contributed by atoms with E-state index in [1.165, 1.54) is 0 Å². The van der Waals surface area contributed by atoms with Crippen LogP contribution in [-0.4, -0.2) is 20.6 Å². The average molecular weight is 255 g/mol. The van der Waals surface area contributed by atoms with Crippen LogP contribution in [-0.2, 0) is 13.0 Å². The summed E-state index contributed by atoms with van der Waals surface area (Å²) in [6, 6.07) is 0. The maximum atomic E-state index is 12.0. The fraction of sp³-hybridized carbons (Fsp3) is 0.545. The molecule has 0 saturated heterocycles. The van der Waals surface area contributed by atoms with E-state index in [0.717, 1.165) is 16.6 Å². The molecule has 5 nitrogen and oxygen atoms in total. The van der Waals surface area contributed by atoms with Crippen LogP contribution < -0.4 is 11.4 Å². The molecular formula is C11H18N3O2P. The van der Waals surface area contributed by atoms with E-state index in [0.29, 0.717) is 18.8 Å². The van der Waals surface area contributed by atoms with Crippen LogP contribution in [0.4, 0.5) is 0 Å². The quantitative estimate of drug-likeness (QED) is 0.582. The molecule has 0 fully saturated rings. The number of aromatic nitrogens is 3. The van der Waals surface area contributed by atoms with Crippen LogP contribution in [0.15, 0.2) is 21.7 Å². The molecule has 0 amide bonds. The van der Waals surface area contributed by atoms with Crippen LogP contribution >= 0.6 is 8.73 Å². The van der Waals surface area contributed by atoms with E-state index in [9.17, 15) is 9.59 Å². The number of aryl methyl sites for hydroxylation is 1. The van der Waals surface area contributed by atoms with E-state index >= 15 is 0 Å². The zero-order valence-corrected chi connectivity index (χ0v) is 11.5. The van der Waals surface area contributed by atoms with E-state index < -0.39 is 5.69 Å². The highest BCUT2D eigenvalue weighted by molar-refractivity contribution is 7.35. The Morgan fingerprint density at radius 2 is 2.12 bits per heavy atom. The van der Waals surface area contributed by atoms with Crippen LogP contribution in [0.3, 0.4) is 0 Å². The molecule has 1 aromatic heterocycles. The Morgan fingerprint density at radius 3 is 2.59 bits per heavy atom. The Kier molecular flexibility index (Phi) is 4.82. The molecule has 0 radical (unpaired) electrons. The molecule has 0 saturated carbocycles. The summed E-state index contributed by atoms with van der Waals surface area (Å²) in [5, 5.41) is 0. The molecule has 0 aliphatic heterocycles. The van der Waals surface area contributed by atoms with Gasteiger partial charge in [-0.3, -0.25) is 4.34 Å². The first-order valence-electron chi connectivity index (χ1n) is 5.56. The van der Waals surface area contributed by atoms with Crippen molar-refractivity contribution in [3.63, 3.8) is 0 Å². The summed E-state index contributed by atoms with van der Waals surface area (Å²) in [5.41, 5.74) is 0.304. The van der Waals surface area contributed by atoms with Crippen molar-refractivity contribution >= 4 is 8.73 Å². The van der Waals surface area contributed by atoms with Gasteiger partial charge in [-0.15, -0.1) is 6.58 Å². The minimum absolute atomic E-state index is 0.259. The first-order chi connectivity index (χ1) is 8.01. The molecule has 0 bridgehead atoms. The van der Waals surface area contributed by atoms with E-state index in [2.05, 4.69) is 11.6 Å². The lowest BCUT2D eigenvalue weighted by Crippen LogP contribution is -2.41. The fourth-order valence-corrected chi connectivity index (χ4v) is 2.25. The van der Waals surface area contributed by atoms with Crippen LogP contribution in [0, 0.1) is 0 Å².